The number of carboxylic acids is 1. The predicted octanol–water partition coefficient (Wildman–Crippen LogP) is 0.339. The van der Waals surface area contributed by atoms with Crippen LogP contribution in [0.4, 0.5) is 0 Å². The van der Waals surface area contributed by atoms with Crippen LogP contribution < -0.4 is 16.4 Å². The van der Waals surface area contributed by atoms with Crippen LogP contribution in [0.5, 0.6) is 0 Å². The summed E-state index contributed by atoms with van der Waals surface area (Å²) in [6, 6.07) is 15.2. The Balaban J connectivity index is 1.67. The predicted molar refractivity (Wildman–Crippen MR) is 157 cm³/mol. The number of amides is 2. The number of nitrogens with two attached hydrogens (primary N) is 1. The summed E-state index contributed by atoms with van der Waals surface area (Å²) in [5.74, 6) is -3.55. The van der Waals surface area contributed by atoms with Crippen molar-refractivity contribution in [3.63, 3.8) is 0 Å². The average molecular weight is 606 g/mol. The molecule has 2 amide bonds. The van der Waals surface area contributed by atoms with Gasteiger partial charge >= 0.3 is 5.97 Å². The van der Waals surface area contributed by atoms with E-state index in [1.54, 1.807) is 36.0 Å². The monoisotopic (exact) mass is 605 g/mol. The van der Waals surface area contributed by atoms with E-state index in [2.05, 4.69) is 10.6 Å². The topological polar surface area (TPSA) is 201 Å². The highest BCUT2D eigenvalue weighted by Gasteiger charge is 2.55. The van der Waals surface area contributed by atoms with E-state index in [1.165, 1.54) is 6.92 Å². The summed E-state index contributed by atoms with van der Waals surface area (Å²) in [6.07, 6.45) is -6.60. The van der Waals surface area contributed by atoms with Gasteiger partial charge in [-0.1, -0.05) is 42.5 Å². The molecule has 6 atom stereocenters. The maximum absolute atomic E-state index is 12.7. The molecule has 2 aromatic rings. The van der Waals surface area contributed by atoms with Crippen LogP contribution in [0.25, 0.3) is 11.1 Å². The fourth-order valence-corrected chi connectivity index (χ4v) is 5.31. The van der Waals surface area contributed by atoms with Gasteiger partial charge < -0.3 is 46.3 Å². The lowest BCUT2D eigenvalue weighted by atomic mass is 9.88. The number of carbonyl (C=O) groups is 3. The number of carbonyl (C=O) groups excluding carboxylic acids is 2. The van der Waals surface area contributed by atoms with E-state index < -0.39 is 67.0 Å². The minimum Gasteiger partial charge on any atom is -0.477 e. The van der Waals surface area contributed by atoms with Crippen LogP contribution in [0, 0.1) is 0 Å². The largest absolute Gasteiger partial charge is 0.477 e. The molecule has 1 fully saturated rings. The van der Waals surface area contributed by atoms with Gasteiger partial charge in [0.05, 0.1) is 24.9 Å². The maximum Gasteiger partial charge on any atom is 0.364 e. The zero-order valence-electron chi connectivity index (χ0n) is 23.3. The highest BCUT2D eigenvalue weighted by molar-refractivity contribution is 7.99. The Morgan fingerprint density at radius 3 is 2.38 bits per heavy atom. The molecule has 0 aliphatic carbocycles. The first-order valence-corrected chi connectivity index (χ1v) is 14.8. The van der Waals surface area contributed by atoms with Gasteiger partial charge in [-0.25, -0.2) is 4.79 Å². The van der Waals surface area contributed by atoms with Gasteiger partial charge in [0.25, 0.3) is 11.7 Å². The number of aliphatic hydroxyl groups excluding tert-OH is 3. The highest BCUT2D eigenvalue weighted by Crippen LogP contribution is 2.34. The second-order valence-corrected chi connectivity index (χ2v) is 11.2. The number of benzene rings is 2. The van der Waals surface area contributed by atoms with Gasteiger partial charge in [-0.3, -0.25) is 9.59 Å². The van der Waals surface area contributed by atoms with Crippen LogP contribution in [-0.4, -0.2) is 106 Å². The summed E-state index contributed by atoms with van der Waals surface area (Å²) in [7, 11) is 0. The Morgan fingerprint density at radius 1 is 1.10 bits per heavy atom. The zero-order chi connectivity index (χ0) is 30.7. The number of ether oxygens (including phenoxy) is 2. The molecule has 1 heterocycles. The van der Waals surface area contributed by atoms with E-state index in [-0.39, 0.29) is 6.61 Å². The van der Waals surface area contributed by atoms with Gasteiger partial charge in [0.2, 0.25) is 5.91 Å². The lowest BCUT2D eigenvalue weighted by Crippen LogP contribution is -2.68. The van der Waals surface area contributed by atoms with Crippen molar-refractivity contribution in [2.75, 3.05) is 31.2 Å². The van der Waals surface area contributed by atoms with E-state index in [0.29, 0.717) is 24.3 Å². The lowest BCUT2D eigenvalue weighted by Gasteiger charge is -2.46. The molecule has 8 N–H and O–H groups in total. The van der Waals surface area contributed by atoms with Crippen molar-refractivity contribution in [1.29, 1.82) is 0 Å². The van der Waals surface area contributed by atoms with Crippen LogP contribution in [-0.2, 0) is 19.1 Å². The number of rotatable bonds is 15. The third-order valence-electron chi connectivity index (χ3n) is 6.76. The number of thioether (sulfide) groups is 1. The molecule has 1 aliphatic rings. The fourth-order valence-electron chi connectivity index (χ4n) is 4.62. The van der Waals surface area contributed by atoms with Crippen molar-refractivity contribution in [2.24, 2.45) is 5.73 Å². The summed E-state index contributed by atoms with van der Waals surface area (Å²) >= 11 is 1.57. The number of carboxylic acid groups (broad SMARTS) is 1. The van der Waals surface area contributed by atoms with Crippen LogP contribution in [0.2, 0.25) is 0 Å². The Hall–Kier alpha value is -3.04. The molecule has 0 bridgehead atoms. The molecule has 230 valence electrons. The molecule has 42 heavy (non-hydrogen) atoms. The lowest BCUT2D eigenvalue weighted by molar-refractivity contribution is -0.310. The fraction of sp³-hybridized carbons (Fsp3) is 0.483. The van der Waals surface area contributed by atoms with Crippen LogP contribution in [0.1, 0.15) is 30.1 Å². The Kier molecular flexibility index (Phi) is 12.7. The van der Waals surface area contributed by atoms with E-state index in [9.17, 15) is 34.8 Å². The first-order valence-electron chi connectivity index (χ1n) is 13.7. The minimum atomic E-state index is -2.33. The molecule has 12 nitrogen and oxygen atoms in total. The summed E-state index contributed by atoms with van der Waals surface area (Å²) in [6.45, 7) is 1.24. The number of hydrogen-bond donors (Lipinski definition) is 7. The van der Waals surface area contributed by atoms with Crippen molar-refractivity contribution in [1.82, 2.24) is 10.6 Å². The van der Waals surface area contributed by atoms with Crippen LogP contribution in [0.3, 0.4) is 0 Å². The number of aliphatic carboxylic acids is 1. The van der Waals surface area contributed by atoms with Gasteiger partial charge in [0, 0.05) is 37.8 Å². The first kappa shape index (κ1) is 33.5. The number of aliphatic hydroxyl groups is 3. The Morgan fingerprint density at radius 2 is 1.76 bits per heavy atom. The molecule has 1 aliphatic heterocycles. The first-order chi connectivity index (χ1) is 20.1. The smallest absolute Gasteiger partial charge is 0.364 e. The highest BCUT2D eigenvalue weighted by atomic mass is 32.2. The van der Waals surface area contributed by atoms with Gasteiger partial charge in [-0.2, -0.15) is 11.8 Å². The second kappa shape index (κ2) is 16.0. The zero-order valence-corrected chi connectivity index (χ0v) is 24.2. The third-order valence-corrected chi connectivity index (χ3v) is 7.86. The standard InChI is InChI=1S/C29H39N3O9S/c1-18(33)32-24-22(34)16-29(28(38)39,40-13-5-14-42-15-12-30)41-26(24)25(36)23(35)17-31-27(37)21-10-8-20(9-11-21)19-6-3-2-4-7-19/h2-4,6-11,22-26,34-36H,5,12-17,30H2,1H3,(H,31,37)(H,32,33)(H,38,39)/t22-,23-,24-,25-,26?,29-/m1/s1. The molecule has 3 rings (SSSR count). The average Bonchev–Trinajstić information content (AvgIpc) is 2.98. The molecule has 0 saturated carbocycles. The molecular weight excluding hydrogens is 566 g/mol. The summed E-state index contributed by atoms with van der Waals surface area (Å²) in [4.78, 5) is 36.8. The molecule has 1 unspecified atom stereocenters. The van der Waals surface area contributed by atoms with E-state index in [0.717, 1.165) is 16.9 Å². The Bertz CT molecular complexity index is 1170. The van der Waals surface area contributed by atoms with Crippen LogP contribution in [0.15, 0.2) is 54.6 Å². The molecule has 0 spiro atoms. The molecular formula is C29H39N3O9S. The molecule has 1 saturated heterocycles. The molecule has 2 aromatic carbocycles. The van der Waals surface area contributed by atoms with Gasteiger partial charge in [0.1, 0.15) is 12.2 Å². The van der Waals surface area contributed by atoms with Crippen molar-refractivity contribution in [3.05, 3.63) is 60.2 Å². The number of hydrogen-bond acceptors (Lipinski definition) is 10. The van der Waals surface area contributed by atoms with Crippen molar-refractivity contribution in [3.8, 4) is 11.1 Å². The molecule has 13 heteroatoms. The van der Waals surface area contributed by atoms with Gasteiger partial charge in [-0.05, 0) is 35.4 Å². The van der Waals surface area contributed by atoms with Gasteiger partial charge in [0.15, 0.2) is 0 Å². The SMILES string of the molecule is CC(=O)N[C@H]1C([C@H](O)[C@H](O)CNC(=O)c2ccc(-c3ccccc3)cc2)O[C@@](OCCCSCCN)(C(=O)O)C[C@H]1O. The van der Waals surface area contributed by atoms with Gasteiger partial charge in [-0.15, -0.1) is 0 Å². The van der Waals surface area contributed by atoms with E-state index >= 15 is 0 Å². The van der Waals surface area contributed by atoms with E-state index in [4.69, 9.17) is 15.2 Å². The Labute approximate surface area is 248 Å². The maximum atomic E-state index is 12.7. The minimum absolute atomic E-state index is 0.0219. The normalized spacial score (nSPS) is 23.5. The summed E-state index contributed by atoms with van der Waals surface area (Å²) in [5.41, 5.74) is 7.69. The number of nitrogens with one attached hydrogen (secondary N) is 2. The molecule has 0 radical (unpaired) electrons. The van der Waals surface area contributed by atoms with E-state index in [1.807, 2.05) is 30.3 Å². The van der Waals surface area contributed by atoms with Crippen molar-refractivity contribution in [2.45, 2.75) is 56.0 Å². The van der Waals surface area contributed by atoms with Crippen molar-refractivity contribution >= 4 is 29.5 Å². The summed E-state index contributed by atoms with van der Waals surface area (Å²) < 4.78 is 11.3. The summed E-state index contributed by atoms with van der Waals surface area (Å²) in [5, 5.41) is 47.6. The van der Waals surface area contributed by atoms with Crippen LogP contribution >= 0.6 is 11.8 Å². The quantitative estimate of drug-likeness (QED) is 0.138. The molecule has 0 aromatic heterocycles. The van der Waals surface area contributed by atoms with Crippen molar-refractivity contribution < 1.29 is 44.3 Å². The second-order valence-electron chi connectivity index (χ2n) is 9.95. The third kappa shape index (κ3) is 8.98.